The van der Waals surface area contributed by atoms with Gasteiger partial charge in [0.1, 0.15) is 0 Å². The minimum absolute atomic E-state index is 0.220. The molecule has 3 rings (SSSR count). The highest BCUT2D eigenvalue weighted by atomic mass is 35.5. The van der Waals surface area contributed by atoms with Crippen LogP contribution in [0, 0.1) is 0 Å². The van der Waals surface area contributed by atoms with E-state index in [1.54, 1.807) is 42.5 Å². The lowest BCUT2D eigenvalue weighted by Gasteiger charge is -2.32. The third-order valence-corrected chi connectivity index (χ3v) is 5.53. The Morgan fingerprint density at radius 2 is 1.77 bits per heavy atom. The summed E-state index contributed by atoms with van der Waals surface area (Å²) in [5.41, 5.74) is 0.784. The average molecular weight is 463 g/mol. The standard InChI is InChI=1S/C22H20Cl2N2O5/c1-12(27)25-15-6-4-13(5-7-15)22(21(29)31-3)16(8-9-19(28)30-2)20-17(24)10-14(23)11-18(20)26-22/h4-11,16,26H,1-3H3,(H,25,27). The molecule has 1 aliphatic heterocycles. The van der Waals surface area contributed by atoms with Gasteiger partial charge in [-0.2, -0.15) is 0 Å². The maximum absolute atomic E-state index is 13.2. The van der Waals surface area contributed by atoms with E-state index in [1.807, 2.05) is 0 Å². The second-order valence-corrected chi connectivity index (χ2v) is 7.74. The molecule has 0 radical (unpaired) electrons. The molecule has 0 fully saturated rings. The van der Waals surface area contributed by atoms with E-state index >= 15 is 0 Å². The maximum Gasteiger partial charge on any atom is 0.337 e. The number of nitrogens with one attached hydrogen (secondary N) is 2. The predicted molar refractivity (Wildman–Crippen MR) is 118 cm³/mol. The molecule has 0 aromatic heterocycles. The van der Waals surface area contributed by atoms with Crippen LogP contribution in [0.25, 0.3) is 0 Å². The van der Waals surface area contributed by atoms with Crippen LogP contribution in [-0.2, 0) is 29.4 Å². The topological polar surface area (TPSA) is 93.7 Å². The minimum Gasteiger partial charge on any atom is -0.467 e. The number of benzene rings is 2. The number of anilines is 2. The van der Waals surface area contributed by atoms with Crippen molar-refractivity contribution in [2.24, 2.45) is 0 Å². The van der Waals surface area contributed by atoms with Gasteiger partial charge in [0.15, 0.2) is 5.54 Å². The van der Waals surface area contributed by atoms with Crippen molar-refractivity contribution in [1.82, 2.24) is 0 Å². The lowest BCUT2D eigenvalue weighted by molar-refractivity contribution is -0.146. The summed E-state index contributed by atoms with van der Waals surface area (Å²) in [6.45, 7) is 1.40. The van der Waals surface area contributed by atoms with Crippen molar-refractivity contribution in [2.75, 3.05) is 24.9 Å². The second kappa shape index (κ2) is 8.99. The van der Waals surface area contributed by atoms with Gasteiger partial charge in [0, 0.05) is 45.9 Å². The molecule has 0 bridgehead atoms. The highest BCUT2D eigenvalue weighted by Crippen LogP contribution is 2.53. The third-order valence-electron chi connectivity index (χ3n) is 5.00. The number of halogens is 2. The molecule has 1 heterocycles. The molecule has 0 saturated heterocycles. The number of carbonyl (C=O) groups is 3. The molecule has 2 aromatic rings. The summed E-state index contributed by atoms with van der Waals surface area (Å²) in [6, 6.07) is 9.93. The molecular weight excluding hydrogens is 443 g/mol. The van der Waals surface area contributed by atoms with E-state index in [1.165, 1.54) is 27.2 Å². The Hall–Kier alpha value is -3.03. The SMILES string of the molecule is COC(=O)C=CC1c2c(Cl)cc(Cl)cc2NC1(C(=O)OC)c1ccc(NC(C)=O)cc1. The first kappa shape index (κ1) is 22.7. The summed E-state index contributed by atoms with van der Waals surface area (Å²) in [5, 5.41) is 6.61. The van der Waals surface area contributed by atoms with Gasteiger partial charge in [-0.15, -0.1) is 0 Å². The highest BCUT2D eigenvalue weighted by Gasteiger charge is 2.54. The Kier molecular flexibility index (Phi) is 6.57. The number of rotatable bonds is 5. The van der Waals surface area contributed by atoms with E-state index < -0.39 is 23.4 Å². The first-order chi connectivity index (χ1) is 14.7. The zero-order valence-electron chi connectivity index (χ0n) is 17.0. The third kappa shape index (κ3) is 4.24. The van der Waals surface area contributed by atoms with E-state index in [2.05, 4.69) is 10.6 Å². The van der Waals surface area contributed by atoms with Crippen LogP contribution in [0.5, 0.6) is 0 Å². The number of carbonyl (C=O) groups excluding carboxylic acids is 3. The van der Waals surface area contributed by atoms with Gasteiger partial charge in [0.05, 0.1) is 14.2 Å². The van der Waals surface area contributed by atoms with Gasteiger partial charge in [-0.05, 0) is 29.8 Å². The molecule has 1 amide bonds. The predicted octanol–water partition coefficient (Wildman–Crippen LogP) is 4.26. The fourth-order valence-electron chi connectivity index (χ4n) is 3.72. The fourth-order valence-corrected chi connectivity index (χ4v) is 4.33. The molecule has 0 spiro atoms. The van der Waals surface area contributed by atoms with E-state index in [-0.39, 0.29) is 5.91 Å². The van der Waals surface area contributed by atoms with Gasteiger partial charge < -0.3 is 20.1 Å². The lowest BCUT2D eigenvalue weighted by atomic mass is 9.77. The normalized spacial score (nSPS) is 19.5. The molecule has 7 nitrogen and oxygen atoms in total. The monoisotopic (exact) mass is 462 g/mol. The molecule has 9 heteroatoms. The number of fused-ring (bicyclic) bond motifs is 1. The van der Waals surface area contributed by atoms with Gasteiger partial charge in [-0.1, -0.05) is 41.4 Å². The number of amides is 1. The van der Waals surface area contributed by atoms with Crippen LogP contribution in [0.15, 0.2) is 48.6 Å². The summed E-state index contributed by atoms with van der Waals surface area (Å²) in [7, 11) is 2.53. The van der Waals surface area contributed by atoms with E-state index in [0.29, 0.717) is 32.5 Å². The van der Waals surface area contributed by atoms with Crippen molar-refractivity contribution < 1.29 is 23.9 Å². The Balaban J connectivity index is 2.22. The number of hydrogen-bond acceptors (Lipinski definition) is 6. The molecule has 2 atom stereocenters. The van der Waals surface area contributed by atoms with E-state index in [9.17, 15) is 14.4 Å². The molecule has 1 aliphatic rings. The summed E-state index contributed by atoms with van der Waals surface area (Å²) in [5.74, 6) is -2.12. The maximum atomic E-state index is 13.2. The Morgan fingerprint density at radius 3 is 2.35 bits per heavy atom. The second-order valence-electron chi connectivity index (χ2n) is 6.89. The fraction of sp³-hybridized carbons (Fsp3) is 0.227. The van der Waals surface area contributed by atoms with Crippen LogP contribution in [0.4, 0.5) is 11.4 Å². The first-order valence-electron chi connectivity index (χ1n) is 9.22. The van der Waals surface area contributed by atoms with Crippen molar-refractivity contribution >= 4 is 52.4 Å². The first-order valence-corrected chi connectivity index (χ1v) is 9.98. The van der Waals surface area contributed by atoms with Crippen LogP contribution in [0.2, 0.25) is 10.0 Å². The van der Waals surface area contributed by atoms with Crippen LogP contribution in [0.3, 0.4) is 0 Å². The molecule has 162 valence electrons. The van der Waals surface area contributed by atoms with Crippen LogP contribution in [-0.4, -0.2) is 32.1 Å². The van der Waals surface area contributed by atoms with Crippen molar-refractivity contribution in [3.8, 4) is 0 Å². The molecule has 31 heavy (non-hydrogen) atoms. The summed E-state index contributed by atoms with van der Waals surface area (Å²) in [6.07, 6.45) is 2.78. The van der Waals surface area contributed by atoms with Crippen molar-refractivity contribution in [3.63, 3.8) is 0 Å². The van der Waals surface area contributed by atoms with Gasteiger partial charge >= 0.3 is 11.9 Å². The van der Waals surface area contributed by atoms with E-state index in [0.717, 1.165) is 0 Å². The summed E-state index contributed by atoms with van der Waals surface area (Å²) >= 11 is 12.7. The van der Waals surface area contributed by atoms with Crippen molar-refractivity contribution in [2.45, 2.75) is 18.4 Å². The molecular formula is C22H20Cl2N2O5. The number of hydrogen-bond donors (Lipinski definition) is 2. The number of ether oxygens (including phenoxy) is 2. The summed E-state index contributed by atoms with van der Waals surface area (Å²) < 4.78 is 9.86. The highest BCUT2D eigenvalue weighted by molar-refractivity contribution is 6.36. The Morgan fingerprint density at radius 1 is 1.10 bits per heavy atom. The zero-order valence-corrected chi connectivity index (χ0v) is 18.5. The van der Waals surface area contributed by atoms with E-state index in [4.69, 9.17) is 32.7 Å². The Bertz CT molecular complexity index is 1070. The van der Waals surface area contributed by atoms with Gasteiger partial charge in [-0.3, -0.25) is 4.79 Å². The average Bonchev–Trinajstić information content (AvgIpc) is 3.06. The number of esters is 2. The number of methoxy groups -OCH3 is 2. The van der Waals surface area contributed by atoms with Gasteiger partial charge in [-0.25, -0.2) is 9.59 Å². The molecule has 2 aromatic carbocycles. The van der Waals surface area contributed by atoms with Crippen LogP contribution < -0.4 is 10.6 Å². The van der Waals surface area contributed by atoms with Crippen molar-refractivity contribution in [3.05, 3.63) is 69.7 Å². The Labute approximate surface area is 189 Å². The van der Waals surface area contributed by atoms with Crippen LogP contribution in [0.1, 0.15) is 24.0 Å². The molecule has 2 unspecified atom stereocenters. The molecule has 0 saturated carbocycles. The molecule has 0 aliphatic carbocycles. The molecule has 2 N–H and O–H groups in total. The minimum atomic E-state index is -1.44. The summed E-state index contributed by atoms with van der Waals surface area (Å²) in [4.78, 5) is 36.4. The smallest absolute Gasteiger partial charge is 0.337 e. The van der Waals surface area contributed by atoms with Gasteiger partial charge in [0.2, 0.25) is 5.91 Å². The largest absolute Gasteiger partial charge is 0.467 e. The zero-order chi connectivity index (χ0) is 22.8. The van der Waals surface area contributed by atoms with Gasteiger partial charge in [0.25, 0.3) is 0 Å². The van der Waals surface area contributed by atoms with Crippen LogP contribution >= 0.6 is 23.2 Å². The lowest BCUT2D eigenvalue weighted by Crippen LogP contribution is -2.45. The quantitative estimate of drug-likeness (QED) is 0.509. The van der Waals surface area contributed by atoms with Crippen molar-refractivity contribution in [1.29, 1.82) is 0 Å².